The molecule has 2 aromatic rings. The topological polar surface area (TPSA) is 91.1 Å². The van der Waals surface area contributed by atoms with Gasteiger partial charge in [0.05, 0.1) is 22.9 Å². The van der Waals surface area contributed by atoms with E-state index in [9.17, 15) is 14.0 Å². The van der Waals surface area contributed by atoms with Crippen molar-refractivity contribution in [3.8, 4) is 0 Å². The lowest BCUT2D eigenvalue weighted by Gasteiger charge is -2.35. The zero-order valence-corrected chi connectivity index (χ0v) is 15.7. The number of guanidine groups is 1. The van der Waals surface area contributed by atoms with Crippen LogP contribution in [-0.2, 0) is 4.79 Å². The van der Waals surface area contributed by atoms with Crippen molar-refractivity contribution in [2.45, 2.75) is 19.0 Å². The number of hydrogen-bond acceptors (Lipinski definition) is 6. The summed E-state index contributed by atoms with van der Waals surface area (Å²) in [5.41, 5.74) is 2.03. The van der Waals surface area contributed by atoms with Crippen LogP contribution in [-0.4, -0.2) is 75.6 Å². The largest absolute Gasteiger partial charge is 0.337 e. The van der Waals surface area contributed by atoms with Gasteiger partial charge in [0.1, 0.15) is 5.69 Å². The minimum Gasteiger partial charge on any atom is -0.337 e. The van der Waals surface area contributed by atoms with Crippen LogP contribution in [0.4, 0.5) is 4.39 Å². The van der Waals surface area contributed by atoms with Gasteiger partial charge in [-0.15, -0.1) is 0 Å². The van der Waals surface area contributed by atoms with Crippen LogP contribution in [0.1, 0.15) is 23.3 Å². The second kappa shape index (κ2) is 6.98. The fourth-order valence-electron chi connectivity index (χ4n) is 3.63. The predicted octanol–water partition coefficient (Wildman–Crippen LogP) is 1.47. The van der Waals surface area contributed by atoms with E-state index in [0.29, 0.717) is 43.1 Å². The Morgan fingerprint density at radius 2 is 1.76 bits per heavy atom. The number of halogens is 1. The van der Waals surface area contributed by atoms with Crippen LogP contribution in [0.5, 0.6) is 0 Å². The van der Waals surface area contributed by atoms with Crippen molar-refractivity contribution in [1.29, 1.82) is 0 Å². The third kappa shape index (κ3) is 3.37. The van der Waals surface area contributed by atoms with Crippen molar-refractivity contribution in [2.24, 2.45) is 15.9 Å². The van der Waals surface area contributed by atoms with Gasteiger partial charge in [-0.1, -0.05) is 12.1 Å². The summed E-state index contributed by atoms with van der Waals surface area (Å²) in [6.07, 6.45) is 1.53. The van der Waals surface area contributed by atoms with E-state index in [1.807, 2.05) is 29.2 Å². The van der Waals surface area contributed by atoms with Gasteiger partial charge in [-0.3, -0.25) is 14.6 Å². The minimum absolute atomic E-state index is 0.0637. The Morgan fingerprint density at radius 1 is 1.03 bits per heavy atom. The normalized spacial score (nSPS) is 22.5. The average Bonchev–Trinajstić information content (AvgIpc) is 3.60. The molecule has 8 nitrogen and oxygen atoms in total. The molecular formula is C20H19FN6O2. The molecule has 0 bridgehead atoms. The lowest BCUT2D eigenvalue weighted by atomic mass is 10.1. The number of aliphatic imine (C=N–C) groups is 2. The van der Waals surface area contributed by atoms with E-state index < -0.39 is 12.1 Å². The van der Waals surface area contributed by atoms with Crippen molar-refractivity contribution in [3.05, 3.63) is 36.2 Å². The van der Waals surface area contributed by atoms with Crippen LogP contribution >= 0.6 is 0 Å². The molecule has 29 heavy (non-hydrogen) atoms. The van der Waals surface area contributed by atoms with Crippen molar-refractivity contribution in [1.82, 2.24) is 19.8 Å². The van der Waals surface area contributed by atoms with Crippen LogP contribution in [0.3, 0.4) is 0 Å². The number of amides is 2. The van der Waals surface area contributed by atoms with Crippen LogP contribution in [0, 0.1) is 5.92 Å². The first kappa shape index (κ1) is 17.8. The molecule has 5 rings (SSSR count). The molecule has 1 saturated heterocycles. The van der Waals surface area contributed by atoms with Crippen molar-refractivity contribution >= 4 is 34.5 Å². The van der Waals surface area contributed by atoms with Gasteiger partial charge >= 0.3 is 0 Å². The number of hydrogen-bond donors (Lipinski definition) is 0. The second-order valence-electron chi connectivity index (χ2n) is 7.45. The molecule has 0 radical (unpaired) electrons. The lowest BCUT2D eigenvalue weighted by molar-refractivity contribution is -0.120. The van der Waals surface area contributed by atoms with Crippen molar-refractivity contribution in [3.63, 3.8) is 0 Å². The van der Waals surface area contributed by atoms with Gasteiger partial charge in [0.25, 0.3) is 11.8 Å². The highest BCUT2D eigenvalue weighted by molar-refractivity contribution is 6.18. The maximum atomic E-state index is 14.1. The summed E-state index contributed by atoms with van der Waals surface area (Å²) < 4.78 is 14.1. The maximum Gasteiger partial charge on any atom is 0.289 e. The number of aromatic nitrogens is 2. The molecule has 148 valence electrons. The molecule has 1 unspecified atom stereocenters. The fourth-order valence-corrected chi connectivity index (χ4v) is 3.63. The van der Waals surface area contributed by atoms with E-state index >= 15 is 0 Å². The van der Waals surface area contributed by atoms with Gasteiger partial charge < -0.3 is 9.80 Å². The van der Waals surface area contributed by atoms with E-state index in [1.165, 1.54) is 6.20 Å². The quantitative estimate of drug-likeness (QED) is 0.769. The monoisotopic (exact) mass is 394 g/mol. The van der Waals surface area contributed by atoms with Gasteiger partial charge in [-0.25, -0.2) is 14.4 Å². The molecule has 1 aromatic carbocycles. The SMILES string of the molecule is O=C1N=C(N2CCN(C(=O)c3cnc4ccccc4n3)CC2)N=C(C2CC2)C1F. The Bertz CT molecular complexity index is 1060. The number of carbonyl (C=O) groups excluding carboxylic acids is 2. The highest BCUT2D eigenvalue weighted by Crippen LogP contribution is 2.34. The fraction of sp³-hybridized carbons (Fsp3) is 0.400. The summed E-state index contributed by atoms with van der Waals surface area (Å²) in [5.74, 6) is -0.630. The summed E-state index contributed by atoms with van der Waals surface area (Å²) >= 11 is 0. The molecular weight excluding hydrogens is 375 g/mol. The molecule has 3 heterocycles. The second-order valence-corrected chi connectivity index (χ2v) is 7.45. The zero-order valence-electron chi connectivity index (χ0n) is 15.7. The molecule has 0 N–H and O–H groups in total. The zero-order chi connectivity index (χ0) is 20.0. The van der Waals surface area contributed by atoms with Gasteiger partial charge in [0.15, 0.2) is 0 Å². The molecule has 1 aromatic heterocycles. The number of para-hydroxylation sites is 2. The number of benzene rings is 1. The molecule has 2 amide bonds. The lowest BCUT2D eigenvalue weighted by Crippen LogP contribution is -2.51. The molecule has 2 fully saturated rings. The van der Waals surface area contributed by atoms with Crippen LogP contribution in [0.15, 0.2) is 40.4 Å². The summed E-state index contributed by atoms with van der Waals surface area (Å²) in [6.45, 7) is 1.82. The first-order chi connectivity index (χ1) is 14.1. The predicted molar refractivity (Wildman–Crippen MR) is 105 cm³/mol. The number of rotatable bonds is 2. The maximum absolute atomic E-state index is 14.1. The Morgan fingerprint density at radius 3 is 2.48 bits per heavy atom. The number of nitrogens with zero attached hydrogens (tertiary/aromatic N) is 6. The molecule has 2 aliphatic heterocycles. The third-order valence-electron chi connectivity index (χ3n) is 5.43. The summed E-state index contributed by atoms with van der Waals surface area (Å²) in [5, 5.41) is 0. The molecule has 1 saturated carbocycles. The van der Waals surface area contributed by atoms with E-state index in [4.69, 9.17) is 0 Å². The Kier molecular flexibility index (Phi) is 4.30. The standard InChI is InChI=1S/C20H19FN6O2/c21-16-17(12-5-6-12)24-20(25-18(16)28)27-9-7-26(8-10-27)19(29)15-11-22-13-3-1-2-4-14(13)23-15/h1-4,11-12,16H,5-10H2. The molecule has 9 heteroatoms. The summed E-state index contributed by atoms with van der Waals surface area (Å²) in [6, 6.07) is 7.40. The first-order valence-electron chi connectivity index (χ1n) is 9.71. The van der Waals surface area contributed by atoms with Crippen LogP contribution in [0.2, 0.25) is 0 Å². The molecule has 1 aliphatic carbocycles. The average molecular weight is 394 g/mol. The van der Waals surface area contributed by atoms with Crippen LogP contribution < -0.4 is 0 Å². The summed E-state index contributed by atoms with van der Waals surface area (Å²) in [4.78, 5) is 45.1. The smallest absolute Gasteiger partial charge is 0.289 e. The highest BCUT2D eigenvalue weighted by atomic mass is 19.1. The van der Waals surface area contributed by atoms with Gasteiger partial charge in [0, 0.05) is 32.1 Å². The van der Waals surface area contributed by atoms with Crippen molar-refractivity contribution in [2.75, 3.05) is 26.2 Å². The molecule has 0 spiro atoms. The van der Waals surface area contributed by atoms with E-state index in [0.717, 1.165) is 18.4 Å². The molecule has 3 aliphatic rings. The molecule has 1 atom stereocenters. The van der Waals surface area contributed by atoms with Gasteiger partial charge in [-0.05, 0) is 25.0 Å². The number of carbonyl (C=O) groups is 2. The van der Waals surface area contributed by atoms with E-state index in [2.05, 4.69) is 20.0 Å². The Balaban J connectivity index is 1.28. The number of fused-ring (bicyclic) bond motifs is 1. The highest BCUT2D eigenvalue weighted by Gasteiger charge is 2.40. The van der Waals surface area contributed by atoms with E-state index in [1.54, 1.807) is 4.90 Å². The number of alkyl halides is 1. The van der Waals surface area contributed by atoms with E-state index in [-0.39, 0.29) is 17.8 Å². The first-order valence-corrected chi connectivity index (χ1v) is 9.71. The van der Waals surface area contributed by atoms with Crippen molar-refractivity contribution < 1.29 is 14.0 Å². The van der Waals surface area contributed by atoms with Gasteiger partial charge in [0.2, 0.25) is 12.1 Å². The number of piperazine rings is 1. The Labute approximate surface area is 166 Å². The minimum atomic E-state index is -1.71. The Hall–Kier alpha value is -3.23. The van der Waals surface area contributed by atoms with Crippen LogP contribution in [0.25, 0.3) is 11.0 Å². The third-order valence-corrected chi connectivity index (χ3v) is 5.43. The van der Waals surface area contributed by atoms with Gasteiger partial charge in [-0.2, -0.15) is 4.99 Å². The summed E-state index contributed by atoms with van der Waals surface area (Å²) in [7, 11) is 0.